The molecule has 5 nitrogen and oxygen atoms in total. The average molecular weight is 198 g/mol. The van der Waals surface area contributed by atoms with E-state index in [4.69, 9.17) is 16.6 Å². The van der Waals surface area contributed by atoms with Crippen LogP contribution in [0.25, 0.3) is 0 Å². The zero-order valence-corrected chi connectivity index (χ0v) is 7.04. The van der Waals surface area contributed by atoms with Gasteiger partial charge in [0.15, 0.2) is 6.10 Å². The van der Waals surface area contributed by atoms with E-state index in [0.29, 0.717) is 0 Å². The van der Waals surface area contributed by atoms with Crippen molar-refractivity contribution in [3.05, 3.63) is 0 Å². The van der Waals surface area contributed by atoms with Crippen LogP contribution in [-0.4, -0.2) is 35.9 Å². The second kappa shape index (κ2) is 4.45. The Morgan fingerprint density at radius 1 is 1.62 bits per heavy atom. The SMILES string of the molecule is CCOC(=O)C(F)(F)C(O)C(N)N. The van der Waals surface area contributed by atoms with Crippen molar-refractivity contribution in [3.8, 4) is 0 Å². The predicted molar refractivity (Wildman–Crippen MR) is 39.7 cm³/mol. The third-order valence-corrected chi connectivity index (χ3v) is 1.28. The van der Waals surface area contributed by atoms with Crippen LogP contribution in [-0.2, 0) is 9.53 Å². The van der Waals surface area contributed by atoms with Crippen LogP contribution in [0.1, 0.15) is 6.92 Å². The summed E-state index contributed by atoms with van der Waals surface area (Å²) in [7, 11) is 0. The highest BCUT2D eigenvalue weighted by atomic mass is 19.3. The van der Waals surface area contributed by atoms with Gasteiger partial charge in [0.25, 0.3) is 0 Å². The molecule has 0 radical (unpaired) electrons. The van der Waals surface area contributed by atoms with Gasteiger partial charge < -0.3 is 21.3 Å². The molecule has 0 bridgehead atoms. The number of carbonyl (C=O) groups excluding carboxylic acids is 1. The van der Waals surface area contributed by atoms with E-state index in [0.717, 1.165) is 0 Å². The lowest BCUT2D eigenvalue weighted by Gasteiger charge is -2.22. The predicted octanol–water partition coefficient (Wildman–Crippen LogP) is -1.21. The van der Waals surface area contributed by atoms with Crippen LogP contribution in [0.15, 0.2) is 0 Å². The molecule has 7 heteroatoms. The van der Waals surface area contributed by atoms with Crippen LogP contribution < -0.4 is 11.5 Å². The standard InChI is InChI=1S/C6H12F2N2O3/c1-2-13-5(12)6(7,8)3(11)4(9)10/h3-4,11H,2,9-10H2,1H3. The fourth-order valence-electron chi connectivity index (χ4n) is 0.590. The molecule has 1 atom stereocenters. The van der Waals surface area contributed by atoms with Gasteiger partial charge in [0.05, 0.1) is 12.8 Å². The van der Waals surface area contributed by atoms with E-state index in [1.54, 1.807) is 0 Å². The lowest BCUT2D eigenvalue weighted by molar-refractivity contribution is -0.190. The first kappa shape index (κ1) is 12.2. The van der Waals surface area contributed by atoms with Crippen LogP contribution in [0.2, 0.25) is 0 Å². The lowest BCUT2D eigenvalue weighted by atomic mass is 10.1. The van der Waals surface area contributed by atoms with Crippen molar-refractivity contribution in [2.45, 2.75) is 25.1 Å². The van der Waals surface area contributed by atoms with Crippen molar-refractivity contribution >= 4 is 5.97 Å². The van der Waals surface area contributed by atoms with E-state index in [2.05, 4.69) is 4.74 Å². The van der Waals surface area contributed by atoms with Gasteiger partial charge >= 0.3 is 11.9 Å². The second-order valence-corrected chi connectivity index (χ2v) is 2.37. The van der Waals surface area contributed by atoms with Crippen LogP contribution in [0.3, 0.4) is 0 Å². The summed E-state index contributed by atoms with van der Waals surface area (Å²) in [6.07, 6.45) is -4.13. The number of rotatable bonds is 4. The molecule has 13 heavy (non-hydrogen) atoms. The van der Waals surface area contributed by atoms with E-state index in [9.17, 15) is 13.6 Å². The van der Waals surface area contributed by atoms with Crippen LogP contribution in [0.5, 0.6) is 0 Å². The number of halogens is 2. The second-order valence-electron chi connectivity index (χ2n) is 2.37. The number of carbonyl (C=O) groups is 1. The minimum atomic E-state index is -4.07. The molecule has 0 aliphatic heterocycles. The number of nitrogens with two attached hydrogens (primary N) is 2. The van der Waals surface area contributed by atoms with E-state index in [1.807, 2.05) is 0 Å². The van der Waals surface area contributed by atoms with Gasteiger partial charge in [-0.1, -0.05) is 0 Å². The molecule has 0 heterocycles. The highest BCUT2D eigenvalue weighted by Gasteiger charge is 2.50. The summed E-state index contributed by atoms with van der Waals surface area (Å²) in [5, 5.41) is 8.75. The summed E-state index contributed by atoms with van der Waals surface area (Å²) in [6.45, 7) is 1.16. The first-order valence-corrected chi connectivity index (χ1v) is 3.58. The first-order valence-electron chi connectivity index (χ1n) is 3.58. The van der Waals surface area contributed by atoms with Gasteiger partial charge in [0.1, 0.15) is 0 Å². The number of aliphatic hydroxyl groups excluding tert-OH is 1. The van der Waals surface area contributed by atoms with Gasteiger partial charge in [-0.3, -0.25) is 0 Å². The maximum absolute atomic E-state index is 12.8. The molecule has 0 saturated heterocycles. The zero-order valence-electron chi connectivity index (χ0n) is 7.04. The summed E-state index contributed by atoms with van der Waals surface area (Å²) >= 11 is 0. The van der Waals surface area contributed by atoms with Crippen molar-refractivity contribution in [1.82, 2.24) is 0 Å². The van der Waals surface area contributed by atoms with Gasteiger partial charge in [-0.05, 0) is 6.92 Å². The molecule has 0 aromatic heterocycles. The molecule has 0 aromatic rings. The van der Waals surface area contributed by atoms with Gasteiger partial charge in [0.2, 0.25) is 0 Å². The molecule has 0 aromatic carbocycles. The molecule has 0 rings (SSSR count). The Morgan fingerprint density at radius 3 is 2.38 bits per heavy atom. The van der Waals surface area contributed by atoms with Crippen molar-refractivity contribution in [2.75, 3.05) is 6.61 Å². The summed E-state index contributed by atoms with van der Waals surface area (Å²) in [4.78, 5) is 10.6. The molecule has 0 amide bonds. The van der Waals surface area contributed by atoms with Crippen molar-refractivity contribution in [3.63, 3.8) is 0 Å². The Kier molecular flexibility index (Phi) is 4.18. The molecule has 0 saturated carbocycles. The van der Waals surface area contributed by atoms with Crippen molar-refractivity contribution < 1.29 is 23.4 Å². The van der Waals surface area contributed by atoms with Gasteiger partial charge in [-0.2, -0.15) is 8.78 Å². The number of ether oxygens (including phenoxy) is 1. The number of esters is 1. The summed E-state index contributed by atoms with van der Waals surface area (Å²) in [6, 6.07) is 0. The topological polar surface area (TPSA) is 98.6 Å². The molecular formula is C6H12F2N2O3. The third kappa shape index (κ3) is 2.87. The maximum atomic E-state index is 12.8. The van der Waals surface area contributed by atoms with Crippen molar-refractivity contribution in [2.24, 2.45) is 11.5 Å². The fraction of sp³-hybridized carbons (Fsp3) is 0.833. The Balaban J connectivity index is 4.45. The number of alkyl halides is 2. The summed E-state index contributed by atoms with van der Waals surface area (Å²) in [5.41, 5.74) is 9.59. The average Bonchev–Trinajstić information content (AvgIpc) is 2.03. The minimum absolute atomic E-state index is 0.207. The van der Waals surface area contributed by atoms with E-state index in [1.165, 1.54) is 6.92 Å². The van der Waals surface area contributed by atoms with Gasteiger partial charge in [-0.15, -0.1) is 0 Å². The van der Waals surface area contributed by atoms with Gasteiger partial charge in [0, 0.05) is 0 Å². The highest BCUT2D eigenvalue weighted by Crippen LogP contribution is 2.21. The summed E-state index contributed by atoms with van der Waals surface area (Å²) < 4.78 is 29.5. The maximum Gasteiger partial charge on any atom is 0.379 e. The number of hydrogen-bond donors (Lipinski definition) is 3. The van der Waals surface area contributed by atoms with Crippen LogP contribution in [0.4, 0.5) is 8.78 Å². The number of aliphatic hydroxyl groups is 1. The van der Waals surface area contributed by atoms with E-state index >= 15 is 0 Å². The Labute approximate surface area is 73.6 Å². The molecule has 1 unspecified atom stereocenters. The normalized spacial score (nSPS) is 14.4. The molecule has 0 spiro atoms. The summed E-state index contributed by atoms with van der Waals surface area (Å²) in [5.74, 6) is -5.90. The Hall–Kier alpha value is -0.790. The smallest absolute Gasteiger partial charge is 0.379 e. The monoisotopic (exact) mass is 198 g/mol. The molecule has 5 N–H and O–H groups in total. The van der Waals surface area contributed by atoms with E-state index < -0.39 is 24.2 Å². The Bertz CT molecular complexity index is 187. The molecule has 0 aliphatic rings. The number of hydrogen-bond acceptors (Lipinski definition) is 5. The van der Waals surface area contributed by atoms with Crippen molar-refractivity contribution in [1.29, 1.82) is 0 Å². The van der Waals surface area contributed by atoms with Crippen LogP contribution >= 0.6 is 0 Å². The Morgan fingerprint density at radius 2 is 2.08 bits per heavy atom. The van der Waals surface area contributed by atoms with E-state index in [-0.39, 0.29) is 6.61 Å². The molecule has 78 valence electrons. The fourth-order valence-corrected chi connectivity index (χ4v) is 0.590. The minimum Gasteiger partial charge on any atom is -0.461 e. The quantitative estimate of drug-likeness (QED) is 0.389. The van der Waals surface area contributed by atoms with Crippen LogP contribution in [0, 0.1) is 0 Å². The zero-order chi connectivity index (χ0) is 10.6. The third-order valence-electron chi connectivity index (χ3n) is 1.28. The molecular weight excluding hydrogens is 186 g/mol. The first-order chi connectivity index (χ1) is 5.84. The molecule has 0 aliphatic carbocycles. The lowest BCUT2D eigenvalue weighted by Crippen LogP contribution is -2.56. The highest BCUT2D eigenvalue weighted by molar-refractivity contribution is 5.78. The van der Waals surface area contributed by atoms with Gasteiger partial charge in [-0.25, -0.2) is 4.79 Å². The molecule has 0 fully saturated rings. The largest absolute Gasteiger partial charge is 0.461 e.